The van der Waals surface area contributed by atoms with E-state index < -0.39 is 6.10 Å². The Morgan fingerprint density at radius 3 is 2.73 bits per heavy atom. The Hall–Kier alpha value is -0.0500. The average molecular weight is 458 g/mol. The largest absolute Gasteiger partial charge is 0.386 e. The summed E-state index contributed by atoms with van der Waals surface area (Å²) in [5.41, 5.74) is 0. The Morgan fingerprint density at radius 1 is 1.41 bits per heavy atom. The van der Waals surface area contributed by atoms with Crippen molar-refractivity contribution in [1.82, 2.24) is 10.6 Å². The first kappa shape index (κ1) is 20.0. The number of halogens is 2. The molecule has 3 N–H and O–H groups in total. The third-order valence-corrected chi connectivity index (χ3v) is 4.97. The van der Waals surface area contributed by atoms with Crippen LogP contribution >= 0.6 is 46.9 Å². The first-order valence-electron chi connectivity index (χ1n) is 7.67. The summed E-state index contributed by atoms with van der Waals surface area (Å²) in [7, 11) is 0. The lowest BCUT2D eigenvalue weighted by Gasteiger charge is -2.25. The van der Waals surface area contributed by atoms with Gasteiger partial charge in [-0.05, 0) is 31.9 Å². The van der Waals surface area contributed by atoms with Crippen LogP contribution in [0.3, 0.4) is 0 Å². The third kappa shape index (κ3) is 6.60. The van der Waals surface area contributed by atoms with Crippen molar-refractivity contribution in [2.45, 2.75) is 51.2 Å². The van der Waals surface area contributed by atoms with Gasteiger partial charge in [0, 0.05) is 17.5 Å². The van der Waals surface area contributed by atoms with Crippen LogP contribution in [0, 0.1) is 0 Å². The molecule has 22 heavy (non-hydrogen) atoms. The van der Waals surface area contributed by atoms with Crippen molar-refractivity contribution < 1.29 is 5.11 Å². The van der Waals surface area contributed by atoms with E-state index in [1.807, 2.05) is 13.0 Å². The summed E-state index contributed by atoms with van der Waals surface area (Å²) in [6.07, 6.45) is 5.72. The smallest absolute Gasteiger partial charge is 0.191 e. The van der Waals surface area contributed by atoms with Crippen LogP contribution in [0.4, 0.5) is 0 Å². The highest BCUT2D eigenvalue weighted by atomic mass is 127. The van der Waals surface area contributed by atoms with E-state index in [2.05, 4.69) is 15.6 Å². The second kappa shape index (κ2) is 10.7. The van der Waals surface area contributed by atoms with Crippen LogP contribution in [0.25, 0.3) is 0 Å². The van der Waals surface area contributed by atoms with E-state index in [-0.39, 0.29) is 24.0 Å². The zero-order valence-corrected chi connectivity index (χ0v) is 16.8. The Morgan fingerprint density at radius 2 is 2.14 bits per heavy atom. The zero-order chi connectivity index (χ0) is 15.1. The average Bonchev–Trinajstić information content (AvgIpc) is 2.92. The number of thiophene rings is 1. The van der Waals surface area contributed by atoms with E-state index in [4.69, 9.17) is 11.6 Å². The third-order valence-electron chi connectivity index (χ3n) is 3.63. The van der Waals surface area contributed by atoms with Crippen molar-refractivity contribution in [3.8, 4) is 0 Å². The van der Waals surface area contributed by atoms with Gasteiger partial charge in [0.05, 0.1) is 10.9 Å². The summed E-state index contributed by atoms with van der Waals surface area (Å²) in [6, 6.07) is 4.17. The fourth-order valence-corrected chi connectivity index (χ4v) is 3.57. The summed E-state index contributed by atoms with van der Waals surface area (Å²) < 4.78 is 0.695. The zero-order valence-electron chi connectivity index (χ0n) is 12.8. The van der Waals surface area contributed by atoms with Crippen LogP contribution in [0.2, 0.25) is 4.34 Å². The highest BCUT2D eigenvalue weighted by Crippen LogP contribution is 2.27. The topological polar surface area (TPSA) is 56.7 Å². The van der Waals surface area contributed by atoms with Crippen molar-refractivity contribution in [2.75, 3.05) is 13.1 Å². The van der Waals surface area contributed by atoms with Crippen molar-refractivity contribution in [1.29, 1.82) is 0 Å². The molecule has 1 aliphatic carbocycles. The number of aliphatic hydroxyl groups excluding tert-OH is 1. The lowest BCUT2D eigenvalue weighted by atomic mass is 9.96. The van der Waals surface area contributed by atoms with Gasteiger partial charge in [-0.25, -0.2) is 0 Å². The molecule has 1 atom stereocenters. The molecule has 0 amide bonds. The van der Waals surface area contributed by atoms with E-state index in [1.54, 1.807) is 6.07 Å². The molecule has 1 aromatic heterocycles. The summed E-state index contributed by atoms with van der Waals surface area (Å²) >= 11 is 7.29. The van der Waals surface area contributed by atoms with Gasteiger partial charge < -0.3 is 15.7 Å². The van der Waals surface area contributed by atoms with Gasteiger partial charge in [-0.15, -0.1) is 35.3 Å². The number of nitrogens with zero attached hydrogens (tertiary/aromatic N) is 1. The molecular weight excluding hydrogens is 433 g/mol. The molecule has 4 nitrogen and oxygen atoms in total. The molecular formula is C15H25ClIN3OS. The molecule has 1 aliphatic rings. The van der Waals surface area contributed by atoms with Gasteiger partial charge in [-0.1, -0.05) is 30.9 Å². The minimum absolute atomic E-state index is 0. The fourth-order valence-electron chi connectivity index (χ4n) is 2.54. The predicted octanol–water partition coefficient (Wildman–Crippen LogP) is 3.94. The molecule has 0 aliphatic heterocycles. The van der Waals surface area contributed by atoms with E-state index in [0.717, 1.165) is 17.4 Å². The van der Waals surface area contributed by atoms with Crippen molar-refractivity contribution >= 4 is 52.9 Å². The summed E-state index contributed by atoms with van der Waals surface area (Å²) in [5.74, 6) is 0.797. The minimum atomic E-state index is -0.593. The molecule has 1 fully saturated rings. The first-order chi connectivity index (χ1) is 10.2. The SMILES string of the molecule is CCNC(=NCC(O)c1ccc(Cl)s1)NC1CCCCC1.I. The van der Waals surface area contributed by atoms with Crippen LogP contribution in [-0.2, 0) is 0 Å². The van der Waals surface area contributed by atoms with Crippen LogP contribution in [0.5, 0.6) is 0 Å². The molecule has 7 heteroatoms. The Kier molecular flexibility index (Phi) is 9.70. The quantitative estimate of drug-likeness (QED) is 0.357. The highest BCUT2D eigenvalue weighted by Gasteiger charge is 2.15. The van der Waals surface area contributed by atoms with E-state index in [1.165, 1.54) is 43.4 Å². The van der Waals surface area contributed by atoms with Crippen molar-refractivity contribution in [2.24, 2.45) is 4.99 Å². The molecule has 1 saturated carbocycles. The maximum Gasteiger partial charge on any atom is 0.191 e. The lowest BCUT2D eigenvalue weighted by molar-refractivity contribution is 0.191. The first-order valence-corrected chi connectivity index (χ1v) is 8.86. The van der Waals surface area contributed by atoms with Crippen molar-refractivity contribution in [3.63, 3.8) is 0 Å². The number of aliphatic hydroxyl groups is 1. The maximum absolute atomic E-state index is 10.1. The van der Waals surface area contributed by atoms with Crippen LogP contribution in [-0.4, -0.2) is 30.2 Å². The van der Waals surface area contributed by atoms with Gasteiger partial charge >= 0.3 is 0 Å². The molecule has 126 valence electrons. The number of aliphatic imine (C=N–C) groups is 1. The molecule has 0 radical (unpaired) electrons. The summed E-state index contributed by atoms with van der Waals surface area (Å²) in [6.45, 7) is 3.21. The minimum Gasteiger partial charge on any atom is -0.386 e. The molecule has 0 bridgehead atoms. The predicted molar refractivity (Wildman–Crippen MR) is 106 cm³/mol. The van der Waals surface area contributed by atoms with Crippen LogP contribution in [0.1, 0.15) is 50.0 Å². The second-order valence-corrected chi connectivity index (χ2v) is 7.10. The van der Waals surface area contributed by atoms with Gasteiger partial charge in [0.1, 0.15) is 6.10 Å². The Labute approximate surface area is 158 Å². The second-order valence-electron chi connectivity index (χ2n) is 5.36. The molecule has 1 aromatic rings. The number of hydrogen-bond donors (Lipinski definition) is 3. The fraction of sp³-hybridized carbons (Fsp3) is 0.667. The number of hydrogen-bond acceptors (Lipinski definition) is 3. The normalized spacial score (nSPS) is 17.7. The van der Waals surface area contributed by atoms with E-state index in [0.29, 0.717) is 16.9 Å². The lowest BCUT2D eigenvalue weighted by Crippen LogP contribution is -2.44. The number of rotatable bonds is 5. The number of nitrogens with one attached hydrogen (secondary N) is 2. The molecule has 0 spiro atoms. The summed E-state index contributed by atoms with van der Waals surface area (Å²) in [4.78, 5) is 5.36. The molecule has 0 saturated heterocycles. The highest BCUT2D eigenvalue weighted by molar-refractivity contribution is 14.0. The van der Waals surface area contributed by atoms with Gasteiger partial charge in [-0.3, -0.25) is 4.99 Å². The molecule has 2 rings (SSSR count). The molecule has 1 unspecified atom stereocenters. The van der Waals surface area contributed by atoms with Crippen LogP contribution in [0.15, 0.2) is 17.1 Å². The maximum atomic E-state index is 10.1. The van der Waals surface area contributed by atoms with E-state index >= 15 is 0 Å². The summed E-state index contributed by atoms with van der Waals surface area (Å²) in [5, 5.41) is 16.9. The van der Waals surface area contributed by atoms with Crippen LogP contribution < -0.4 is 10.6 Å². The Bertz CT molecular complexity index is 463. The van der Waals surface area contributed by atoms with E-state index in [9.17, 15) is 5.11 Å². The van der Waals surface area contributed by atoms with Gasteiger partial charge in [0.25, 0.3) is 0 Å². The standard InChI is InChI=1S/C15H24ClN3OS.HI/c1-2-17-15(19-11-6-4-3-5-7-11)18-10-12(20)13-8-9-14(16)21-13;/h8-9,11-12,20H,2-7,10H2,1H3,(H2,17,18,19);1H. The Balaban J connectivity index is 0.00000242. The van der Waals surface area contributed by atoms with Crippen molar-refractivity contribution in [3.05, 3.63) is 21.3 Å². The van der Waals surface area contributed by atoms with Gasteiger partial charge in [0.2, 0.25) is 0 Å². The monoisotopic (exact) mass is 457 g/mol. The van der Waals surface area contributed by atoms with Gasteiger partial charge in [0.15, 0.2) is 5.96 Å². The molecule has 1 heterocycles. The molecule has 0 aromatic carbocycles. The number of guanidine groups is 1. The van der Waals surface area contributed by atoms with Gasteiger partial charge in [-0.2, -0.15) is 0 Å².